The number of aliphatic hydroxyl groups is 1. The van der Waals surface area contributed by atoms with Crippen LogP contribution < -0.4 is 10.1 Å². The number of nitrogens with one attached hydrogen (secondary N) is 2. The highest BCUT2D eigenvalue weighted by atomic mass is 19.1. The number of fused-ring (bicyclic) bond motifs is 4. The van der Waals surface area contributed by atoms with Gasteiger partial charge >= 0.3 is 0 Å². The Morgan fingerprint density at radius 2 is 1.93 bits per heavy atom. The predicted molar refractivity (Wildman–Crippen MR) is 163 cm³/mol. The van der Waals surface area contributed by atoms with Gasteiger partial charge in [0.2, 0.25) is 0 Å². The number of aliphatic hydroxyl groups excluding tert-OH is 1. The van der Waals surface area contributed by atoms with Crippen molar-refractivity contribution in [2.45, 2.75) is 19.1 Å². The van der Waals surface area contributed by atoms with Crippen molar-refractivity contribution in [3.05, 3.63) is 120 Å². The number of benzene rings is 3. The van der Waals surface area contributed by atoms with Crippen LogP contribution in [0.25, 0.3) is 27.6 Å². The smallest absolute Gasteiger partial charge is 0.253 e. The van der Waals surface area contributed by atoms with Gasteiger partial charge in [0, 0.05) is 59.0 Å². The van der Waals surface area contributed by atoms with Gasteiger partial charge in [-0.15, -0.1) is 0 Å². The molecule has 5 rings (SSSR count). The second kappa shape index (κ2) is 11.9. The number of rotatable bonds is 9. The molecule has 1 aromatic heterocycles. The molecule has 4 aromatic rings. The van der Waals surface area contributed by atoms with E-state index in [0.717, 1.165) is 27.6 Å². The third kappa shape index (κ3) is 5.49. The Bertz CT molecular complexity index is 1750. The van der Waals surface area contributed by atoms with Crippen LogP contribution in [0, 0.1) is 0 Å². The lowest BCUT2D eigenvalue weighted by atomic mass is 9.89. The molecule has 42 heavy (non-hydrogen) atoms. The van der Waals surface area contributed by atoms with Gasteiger partial charge in [-0.2, -0.15) is 0 Å². The van der Waals surface area contributed by atoms with Crippen LogP contribution in [-0.4, -0.2) is 53.5 Å². The van der Waals surface area contributed by atoms with E-state index in [9.17, 15) is 19.1 Å². The summed E-state index contributed by atoms with van der Waals surface area (Å²) in [5.74, 6) is -0.891. The number of hydrogen-bond donors (Lipinski definition) is 3. The van der Waals surface area contributed by atoms with Crippen molar-refractivity contribution in [3.63, 3.8) is 0 Å². The summed E-state index contributed by atoms with van der Waals surface area (Å²) in [5, 5.41) is 14.1. The maximum atomic E-state index is 14.7. The molecule has 7 nitrogen and oxygen atoms in total. The Balaban J connectivity index is 1.55. The molecule has 1 aliphatic heterocycles. The summed E-state index contributed by atoms with van der Waals surface area (Å²) in [4.78, 5) is 31.1. The molecule has 0 saturated heterocycles. The molecule has 1 atom stereocenters. The first-order valence-corrected chi connectivity index (χ1v) is 13.5. The summed E-state index contributed by atoms with van der Waals surface area (Å²) in [6.07, 6.45) is 5.12. The van der Waals surface area contributed by atoms with Gasteiger partial charge in [-0.25, -0.2) is 4.39 Å². The number of para-hydroxylation sites is 1. The minimum atomic E-state index is -0.732. The van der Waals surface area contributed by atoms with Crippen LogP contribution in [0.15, 0.2) is 91.9 Å². The molecule has 0 saturated carbocycles. The Morgan fingerprint density at radius 3 is 2.64 bits per heavy atom. The van der Waals surface area contributed by atoms with E-state index in [0.29, 0.717) is 23.3 Å². The number of carbonyl (C=O) groups excluding carboxylic acids is 2. The fourth-order valence-corrected chi connectivity index (χ4v) is 5.28. The van der Waals surface area contributed by atoms with Gasteiger partial charge in [0.15, 0.2) is 0 Å². The van der Waals surface area contributed by atoms with Crippen LogP contribution >= 0.6 is 0 Å². The molecule has 2 heterocycles. The van der Waals surface area contributed by atoms with Crippen LogP contribution in [-0.2, 0) is 13.0 Å². The number of nitrogens with zero attached hydrogens (tertiary/aromatic N) is 1. The molecule has 3 N–H and O–H groups in total. The number of amides is 2. The summed E-state index contributed by atoms with van der Waals surface area (Å²) in [6.45, 7) is 7.05. The lowest BCUT2D eigenvalue weighted by molar-refractivity contribution is 0.0827. The standard InChI is InChI=1S/C34H32FN3O4/c1-5-8-25(20(2)35)28-16-32-29(26-12-11-21(34(41)38(3)4)13-23(26)19-42-32)15-30(28)33(40)37-24(18-39)14-22-17-36-31-10-7-6-9-27(22)31/h5-13,15-17,24,36,39H,1-2,14,18-19H2,3-4H3,(H,37,40)/b25-8+/t24-/m1/s1. The van der Waals surface area contributed by atoms with E-state index in [4.69, 9.17) is 4.74 Å². The average Bonchev–Trinajstić information content (AvgIpc) is 3.40. The van der Waals surface area contributed by atoms with E-state index in [1.54, 1.807) is 38.4 Å². The Hall–Kier alpha value is -4.95. The average molecular weight is 566 g/mol. The Labute approximate surface area is 243 Å². The van der Waals surface area contributed by atoms with Gasteiger partial charge in [-0.3, -0.25) is 9.59 Å². The number of ether oxygens (including phenoxy) is 1. The first-order valence-electron chi connectivity index (χ1n) is 13.5. The molecule has 0 aliphatic carbocycles. The van der Waals surface area contributed by atoms with E-state index in [1.807, 2.05) is 36.5 Å². The zero-order valence-corrected chi connectivity index (χ0v) is 23.5. The number of carbonyl (C=O) groups is 2. The molecule has 0 fully saturated rings. The van der Waals surface area contributed by atoms with Gasteiger partial charge in [0.25, 0.3) is 11.8 Å². The largest absolute Gasteiger partial charge is 0.488 e. The van der Waals surface area contributed by atoms with Gasteiger partial charge in [-0.1, -0.05) is 49.6 Å². The van der Waals surface area contributed by atoms with Crippen molar-refractivity contribution in [2.75, 3.05) is 20.7 Å². The van der Waals surface area contributed by atoms with Gasteiger partial charge in [-0.05, 0) is 53.4 Å². The highest BCUT2D eigenvalue weighted by molar-refractivity contribution is 6.03. The summed E-state index contributed by atoms with van der Waals surface area (Å²) < 4.78 is 20.7. The van der Waals surface area contributed by atoms with Crippen molar-refractivity contribution >= 4 is 28.3 Å². The van der Waals surface area contributed by atoms with Crippen molar-refractivity contribution in [1.29, 1.82) is 0 Å². The maximum absolute atomic E-state index is 14.7. The number of H-pyrrole nitrogens is 1. The molecular formula is C34H32FN3O4. The fourth-order valence-electron chi connectivity index (χ4n) is 5.28. The molecule has 1 aliphatic rings. The molecule has 0 unspecified atom stereocenters. The second-order valence-corrected chi connectivity index (χ2v) is 10.4. The first kappa shape index (κ1) is 28.6. The molecule has 0 radical (unpaired) electrons. The Morgan fingerprint density at radius 1 is 1.14 bits per heavy atom. The predicted octanol–water partition coefficient (Wildman–Crippen LogP) is 5.82. The molecular weight excluding hydrogens is 533 g/mol. The van der Waals surface area contributed by atoms with Crippen LogP contribution in [0.4, 0.5) is 4.39 Å². The molecule has 8 heteroatoms. The SMILES string of the molecule is C=C/C=C(\C(=C)F)c1cc2c(cc1C(=O)N[C@@H](CO)Cc1c[nH]c3ccccc13)-c1ccc(C(=O)N(C)C)cc1CO2. The van der Waals surface area contributed by atoms with Crippen molar-refractivity contribution < 1.29 is 23.8 Å². The van der Waals surface area contributed by atoms with E-state index in [2.05, 4.69) is 23.5 Å². The van der Waals surface area contributed by atoms with Gasteiger partial charge in [0.05, 0.1) is 12.6 Å². The molecule has 214 valence electrons. The summed E-state index contributed by atoms with van der Waals surface area (Å²) >= 11 is 0. The number of halogens is 1. The highest BCUT2D eigenvalue weighted by Crippen LogP contribution is 2.42. The van der Waals surface area contributed by atoms with Crippen LogP contribution in [0.1, 0.15) is 37.4 Å². The summed E-state index contributed by atoms with van der Waals surface area (Å²) in [5.41, 5.74) is 5.22. The minimum absolute atomic E-state index is 0.0939. The van der Waals surface area contributed by atoms with E-state index in [-0.39, 0.29) is 35.8 Å². The third-order valence-electron chi connectivity index (χ3n) is 7.36. The van der Waals surface area contributed by atoms with Gasteiger partial charge in [0.1, 0.15) is 18.2 Å². The molecule has 2 amide bonds. The number of allylic oxidation sites excluding steroid dienone is 4. The zero-order chi connectivity index (χ0) is 30.0. The quantitative estimate of drug-likeness (QED) is 0.223. The van der Waals surface area contributed by atoms with Crippen molar-refractivity contribution in [3.8, 4) is 16.9 Å². The van der Waals surface area contributed by atoms with E-state index < -0.39 is 17.8 Å². The number of aromatic nitrogens is 1. The number of aromatic amines is 1. The van der Waals surface area contributed by atoms with E-state index in [1.165, 1.54) is 17.1 Å². The fraction of sp³-hybridized carbons (Fsp3) is 0.176. The second-order valence-electron chi connectivity index (χ2n) is 10.4. The normalized spacial score (nSPS) is 13.0. The van der Waals surface area contributed by atoms with E-state index >= 15 is 0 Å². The van der Waals surface area contributed by atoms with Crippen molar-refractivity contribution in [1.82, 2.24) is 15.2 Å². The lowest BCUT2D eigenvalue weighted by Crippen LogP contribution is -2.39. The first-order chi connectivity index (χ1) is 20.2. The molecule has 0 spiro atoms. The lowest BCUT2D eigenvalue weighted by Gasteiger charge is -2.25. The number of hydrogen-bond acceptors (Lipinski definition) is 4. The summed E-state index contributed by atoms with van der Waals surface area (Å²) in [6, 6.07) is 15.8. The van der Waals surface area contributed by atoms with Crippen molar-refractivity contribution in [2.24, 2.45) is 0 Å². The monoisotopic (exact) mass is 565 g/mol. The minimum Gasteiger partial charge on any atom is -0.488 e. The maximum Gasteiger partial charge on any atom is 0.253 e. The van der Waals surface area contributed by atoms with Gasteiger partial charge < -0.3 is 25.0 Å². The third-order valence-corrected chi connectivity index (χ3v) is 7.36. The molecule has 0 bridgehead atoms. The topological polar surface area (TPSA) is 94.7 Å². The highest BCUT2D eigenvalue weighted by Gasteiger charge is 2.26. The van der Waals surface area contributed by atoms with Crippen LogP contribution in [0.2, 0.25) is 0 Å². The van der Waals surface area contributed by atoms with Crippen LogP contribution in [0.5, 0.6) is 5.75 Å². The molecule has 3 aromatic carbocycles. The Kier molecular flexibility index (Phi) is 8.08. The zero-order valence-electron chi connectivity index (χ0n) is 23.5. The van der Waals surface area contributed by atoms with Crippen LogP contribution in [0.3, 0.4) is 0 Å². The summed E-state index contributed by atoms with van der Waals surface area (Å²) in [7, 11) is 3.37.